The Morgan fingerprint density at radius 2 is 1.81 bits per heavy atom. The highest BCUT2D eigenvalue weighted by atomic mass is 35.5. The number of halogens is 1. The lowest BCUT2D eigenvalue weighted by Crippen LogP contribution is -2.12. The Balaban J connectivity index is 1.90. The van der Waals surface area contributed by atoms with Gasteiger partial charge in [0.2, 0.25) is 0 Å². The largest absolute Gasteiger partial charge is 0.381 e. The van der Waals surface area contributed by atoms with Crippen LogP contribution in [0.2, 0.25) is 0 Å². The van der Waals surface area contributed by atoms with Crippen LogP contribution in [0, 0.1) is 11.8 Å². The molecule has 0 aromatic heterocycles. The molecule has 96 valence electrons. The number of alkyl halides is 1. The zero-order valence-corrected chi connectivity index (χ0v) is 11.6. The van der Waals surface area contributed by atoms with Crippen LogP contribution < -0.4 is 0 Å². The van der Waals surface area contributed by atoms with Crippen LogP contribution in [0.1, 0.15) is 58.8 Å². The summed E-state index contributed by atoms with van der Waals surface area (Å²) >= 11 is 6.39. The van der Waals surface area contributed by atoms with Crippen LogP contribution in [0.5, 0.6) is 0 Å². The monoisotopic (exact) mass is 246 g/mol. The summed E-state index contributed by atoms with van der Waals surface area (Å²) in [5.41, 5.74) is 0. The molecule has 1 nitrogen and oxygen atoms in total. The molecule has 0 heterocycles. The van der Waals surface area contributed by atoms with Crippen molar-refractivity contribution < 1.29 is 4.74 Å². The summed E-state index contributed by atoms with van der Waals surface area (Å²) in [6.45, 7) is 6.27. The molecule has 1 atom stereocenters. The van der Waals surface area contributed by atoms with Gasteiger partial charge in [0.15, 0.2) is 0 Å². The van der Waals surface area contributed by atoms with Crippen LogP contribution in [-0.2, 0) is 4.74 Å². The van der Waals surface area contributed by atoms with Crippen molar-refractivity contribution >= 4 is 11.6 Å². The first-order chi connectivity index (χ1) is 7.70. The summed E-state index contributed by atoms with van der Waals surface area (Å²) in [4.78, 5) is 0. The fraction of sp³-hybridized carbons (Fsp3) is 1.00. The fourth-order valence-electron chi connectivity index (χ4n) is 2.36. The SMILES string of the molecule is CC(C)CCOCCCC(Cl)C1CCCC1. The summed E-state index contributed by atoms with van der Waals surface area (Å²) in [6, 6.07) is 0. The Kier molecular flexibility index (Phi) is 7.47. The van der Waals surface area contributed by atoms with Crippen LogP contribution >= 0.6 is 11.6 Å². The third-order valence-corrected chi connectivity index (χ3v) is 4.09. The molecule has 1 rings (SSSR count). The first-order valence-corrected chi connectivity index (χ1v) is 7.35. The van der Waals surface area contributed by atoms with Crippen molar-refractivity contribution in [1.29, 1.82) is 0 Å². The lowest BCUT2D eigenvalue weighted by atomic mass is 10.0. The smallest absolute Gasteiger partial charge is 0.0468 e. The third kappa shape index (κ3) is 6.10. The van der Waals surface area contributed by atoms with Crippen molar-refractivity contribution in [3.63, 3.8) is 0 Å². The molecule has 0 aromatic carbocycles. The predicted octanol–water partition coefficient (Wildman–Crippen LogP) is 4.63. The molecule has 0 spiro atoms. The summed E-state index contributed by atoms with van der Waals surface area (Å²) in [5.74, 6) is 1.54. The molecule has 0 amide bonds. The molecular formula is C14H27ClO. The first-order valence-electron chi connectivity index (χ1n) is 6.92. The van der Waals surface area contributed by atoms with Gasteiger partial charge in [-0.05, 0) is 43.9 Å². The standard InChI is InChI=1S/C14H27ClO/c1-12(2)9-11-16-10-5-8-14(15)13-6-3-4-7-13/h12-14H,3-11H2,1-2H3. The van der Waals surface area contributed by atoms with Crippen molar-refractivity contribution in [2.45, 2.75) is 64.2 Å². The highest BCUT2D eigenvalue weighted by molar-refractivity contribution is 6.20. The molecule has 2 heteroatoms. The van der Waals surface area contributed by atoms with E-state index in [9.17, 15) is 0 Å². The number of hydrogen-bond acceptors (Lipinski definition) is 1. The molecule has 1 unspecified atom stereocenters. The van der Waals surface area contributed by atoms with Crippen molar-refractivity contribution in [2.24, 2.45) is 11.8 Å². The average Bonchev–Trinajstić information content (AvgIpc) is 2.75. The Labute approximate surface area is 106 Å². The molecule has 1 aliphatic carbocycles. The van der Waals surface area contributed by atoms with E-state index in [4.69, 9.17) is 16.3 Å². The molecule has 0 aromatic rings. The van der Waals surface area contributed by atoms with E-state index < -0.39 is 0 Å². The number of ether oxygens (including phenoxy) is 1. The highest BCUT2D eigenvalue weighted by Crippen LogP contribution is 2.32. The van der Waals surface area contributed by atoms with E-state index in [2.05, 4.69) is 13.8 Å². The average molecular weight is 247 g/mol. The van der Waals surface area contributed by atoms with E-state index in [1.165, 1.54) is 32.1 Å². The predicted molar refractivity (Wildman–Crippen MR) is 71.1 cm³/mol. The molecule has 1 fully saturated rings. The van der Waals surface area contributed by atoms with Gasteiger partial charge in [0, 0.05) is 18.6 Å². The minimum atomic E-state index is 0.399. The van der Waals surface area contributed by atoms with E-state index in [-0.39, 0.29) is 0 Å². The van der Waals surface area contributed by atoms with E-state index in [1.807, 2.05) is 0 Å². The van der Waals surface area contributed by atoms with Crippen LogP contribution in [0.25, 0.3) is 0 Å². The highest BCUT2D eigenvalue weighted by Gasteiger charge is 2.22. The van der Waals surface area contributed by atoms with Crippen LogP contribution in [0.15, 0.2) is 0 Å². The topological polar surface area (TPSA) is 9.23 Å². The minimum absolute atomic E-state index is 0.399. The van der Waals surface area contributed by atoms with E-state index in [0.717, 1.165) is 37.9 Å². The zero-order chi connectivity index (χ0) is 11.8. The summed E-state index contributed by atoms with van der Waals surface area (Å²) in [7, 11) is 0. The van der Waals surface area contributed by atoms with Gasteiger partial charge < -0.3 is 4.74 Å². The van der Waals surface area contributed by atoms with Gasteiger partial charge in [-0.2, -0.15) is 0 Å². The summed E-state index contributed by atoms with van der Waals surface area (Å²) in [5, 5.41) is 0.399. The number of rotatable bonds is 8. The molecule has 16 heavy (non-hydrogen) atoms. The second-order valence-electron chi connectivity index (χ2n) is 5.50. The molecule has 0 saturated heterocycles. The maximum absolute atomic E-state index is 6.39. The van der Waals surface area contributed by atoms with Crippen LogP contribution in [-0.4, -0.2) is 18.6 Å². The molecule has 0 radical (unpaired) electrons. The van der Waals surface area contributed by atoms with Gasteiger partial charge in [-0.25, -0.2) is 0 Å². The van der Waals surface area contributed by atoms with Gasteiger partial charge >= 0.3 is 0 Å². The maximum Gasteiger partial charge on any atom is 0.0468 e. The Morgan fingerprint density at radius 1 is 1.12 bits per heavy atom. The van der Waals surface area contributed by atoms with Crippen molar-refractivity contribution in [3.8, 4) is 0 Å². The zero-order valence-electron chi connectivity index (χ0n) is 10.9. The quantitative estimate of drug-likeness (QED) is 0.448. The molecule has 0 bridgehead atoms. The van der Waals surface area contributed by atoms with Gasteiger partial charge in [-0.15, -0.1) is 11.6 Å². The maximum atomic E-state index is 6.39. The third-order valence-electron chi connectivity index (χ3n) is 3.52. The van der Waals surface area contributed by atoms with Gasteiger partial charge in [0.1, 0.15) is 0 Å². The lowest BCUT2D eigenvalue weighted by Gasteiger charge is -2.16. The van der Waals surface area contributed by atoms with Gasteiger partial charge in [0.25, 0.3) is 0 Å². The van der Waals surface area contributed by atoms with Gasteiger partial charge in [-0.1, -0.05) is 26.7 Å². The summed E-state index contributed by atoms with van der Waals surface area (Å²) < 4.78 is 5.60. The molecule has 0 aliphatic heterocycles. The van der Waals surface area contributed by atoms with E-state index in [0.29, 0.717) is 5.38 Å². The fourth-order valence-corrected chi connectivity index (χ4v) is 2.76. The van der Waals surface area contributed by atoms with Gasteiger partial charge in [0.05, 0.1) is 0 Å². The molecule has 0 N–H and O–H groups in total. The first kappa shape index (κ1) is 14.3. The van der Waals surface area contributed by atoms with E-state index >= 15 is 0 Å². The van der Waals surface area contributed by atoms with Crippen molar-refractivity contribution in [1.82, 2.24) is 0 Å². The minimum Gasteiger partial charge on any atom is -0.381 e. The molecule has 1 saturated carbocycles. The Hall–Kier alpha value is 0.250. The van der Waals surface area contributed by atoms with Crippen LogP contribution in [0.4, 0.5) is 0 Å². The van der Waals surface area contributed by atoms with Crippen molar-refractivity contribution in [2.75, 3.05) is 13.2 Å². The molecular weight excluding hydrogens is 220 g/mol. The second kappa shape index (κ2) is 8.36. The summed E-state index contributed by atoms with van der Waals surface area (Å²) in [6.07, 6.45) is 8.91. The molecule has 1 aliphatic rings. The van der Waals surface area contributed by atoms with Crippen molar-refractivity contribution in [3.05, 3.63) is 0 Å². The van der Waals surface area contributed by atoms with E-state index in [1.54, 1.807) is 0 Å². The lowest BCUT2D eigenvalue weighted by molar-refractivity contribution is 0.119. The van der Waals surface area contributed by atoms with Gasteiger partial charge in [-0.3, -0.25) is 0 Å². The normalized spacial score (nSPS) is 19.5. The second-order valence-corrected chi connectivity index (χ2v) is 6.06. The Morgan fingerprint density at radius 3 is 2.44 bits per heavy atom. The van der Waals surface area contributed by atoms with Crippen LogP contribution in [0.3, 0.4) is 0 Å². The number of hydrogen-bond donors (Lipinski definition) is 0. The Bertz CT molecular complexity index is 164.